The Morgan fingerprint density at radius 2 is 1.79 bits per heavy atom. The van der Waals surface area contributed by atoms with Crippen molar-refractivity contribution in [2.75, 3.05) is 13.7 Å². The Bertz CT molecular complexity index is 1010. The summed E-state index contributed by atoms with van der Waals surface area (Å²) in [6.07, 6.45) is 2.69. The number of methoxy groups -OCH3 is 1. The van der Waals surface area contributed by atoms with Crippen LogP contribution in [0.4, 0.5) is 0 Å². The minimum absolute atomic E-state index is 0.00705. The molecule has 2 N–H and O–H groups in total. The fourth-order valence-corrected chi connectivity index (χ4v) is 4.46. The molecule has 0 fully saturated rings. The Balaban J connectivity index is 1.66. The first-order valence-corrected chi connectivity index (χ1v) is 10.8. The molecule has 1 aliphatic rings. The van der Waals surface area contributed by atoms with Crippen molar-refractivity contribution >= 4 is 21.8 Å². The normalized spacial score (nSPS) is 14.2. The summed E-state index contributed by atoms with van der Waals surface area (Å²) in [5.41, 5.74) is 2.82. The number of carboxylic acid groups (broad SMARTS) is 1. The number of fused-ring (bicyclic) bond motifs is 1. The third kappa shape index (κ3) is 5.02. The van der Waals surface area contributed by atoms with Crippen molar-refractivity contribution < 1.29 is 27.9 Å². The Kier molecular flexibility index (Phi) is 6.34. The second-order valence-corrected chi connectivity index (χ2v) is 8.79. The van der Waals surface area contributed by atoms with Gasteiger partial charge in [-0.1, -0.05) is 12.1 Å². The van der Waals surface area contributed by atoms with Gasteiger partial charge in [-0.2, -0.15) is 0 Å². The molecule has 0 radical (unpaired) electrons. The van der Waals surface area contributed by atoms with Crippen LogP contribution in [0.15, 0.2) is 47.4 Å². The Labute approximate surface area is 169 Å². The number of aliphatic carboxylic acids is 1. The zero-order valence-electron chi connectivity index (χ0n) is 16.1. The Morgan fingerprint density at radius 1 is 1.10 bits per heavy atom. The van der Waals surface area contributed by atoms with Crippen molar-refractivity contribution in [2.24, 2.45) is 5.92 Å². The van der Waals surface area contributed by atoms with Crippen LogP contribution in [0.2, 0.25) is 0 Å². The molecule has 1 unspecified atom stereocenters. The van der Waals surface area contributed by atoms with Crippen molar-refractivity contribution in [3.05, 3.63) is 59.2 Å². The number of carbonyl (C=O) groups is 2. The van der Waals surface area contributed by atoms with E-state index in [4.69, 9.17) is 4.74 Å². The van der Waals surface area contributed by atoms with Crippen molar-refractivity contribution in [1.29, 1.82) is 0 Å². The molecule has 29 heavy (non-hydrogen) atoms. The summed E-state index contributed by atoms with van der Waals surface area (Å²) in [4.78, 5) is 24.1. The van der Waals surface area contributed by atoms with Crippen LogP contribution in [0.25, 0.3) is 0 Å². The molecule has 1 aliphatic carbocycles. The number of ether oxygens (including phenoxy) is 1. The molecule has 2 aromatic rings. The molecule has 2 aromatic carbocycles. The van der Waals surface area contributed by atoms with E-state index < -0.39 is 21.9 Å². The number of nitrogens with one attached hydrogen (secondary N) is 1. The minimum atomic E-state index is -3.90. The second kappa shape index (κ2) is 8.75. The zero-order chi connectivity index (χ0) is 21.0. The number of sulfonamides is 1. The van der Waals surface area contributed by atoms with E-state index in [2.05, 4.69) is 4.72 Å². The van der Waals surface area contributed by atoms with Gasteiger partial charge in [0.15, 0.2) is 5.78 Å². The lowest BCUT2D eigenvalue weighted by atomic mass is 9.96. The van der Waals surface area contributed by atoms with E-state index >= 15 is 0 Å². The molecule has 0 saturated carbocycles. The summed E-state index contributed by atoms with van der Waals surface area (Å²) in [6.45, 7) is -0.375. The standard InChI is InChI=1S/C21H23NO6S/c1-28-18-7-9-19(10-8-18)29(26,27)22-13-17(21(24)25)12-20(23)16-6-5-14-3-2-4-15(14)11-16/h5-11,17,22H,2-4,12-13H2,1H3,(H,24,25). The van der Waals surface area contributed by atoms with Crippen molar-refractivity contribution in [3.63, 3.8) is 0 Å². The number of ketones is 1. The predicted molar refractivity (Wildman–Crippen MR) is 107 cm³/mol. The molecule has 0 aromatic heterocycles. The van der Waals surface area contributed by atoms with Crippen LogP contribution in [0, 0.1) is 5.92 Å². The van der Waals surface area contributed by atoms with Crippen molar-refractivity contribution in [2.45, 2.75) is 30.6 Å². The molecule has 0 spiro atoms. The van der Waals surface area contributed by atoms with E-state index in [0.29, 0.717) is 11.3 Å². The number of carbonyl (C=O) groups excluding carboxylic acids is 1. The van der Waals surface area contributed by atoms with Gasteiger partial charge in [-0.05, 0) is 60.7 Å². The second-order valence-electron chi connectivity index (χ2n) is 7.03. The molecule has 154 valence electrons. The molecular formula is C21H23NO6S. The monoisotopic (exact) mass is 417 g/mol. The maximum absolute atomic E-state index is 12.6. The van der Waals surface area contributed by atoms with E-state index in [1.165, 1.54) is 36.9 Å². The van der Waals surface area contributed by atoms with Gasteiger partial charge >= 0.3 is 5.97 Å². The van der Waals surface area contributed by atoms with Gasteiger partial charge in [0.2, 0.25) is 10.0 Å². The first kappa shape index (κ1) is 21.0. The first-order chi connectivity index (χ1) is 13.8. The summed E-state index contributed by atoms with van der Waals surface area (Å²) in [6, 6.07) is 11.2. The van der Waals surface area contributed by atoms with Crippen molar-refractivity contribution in [1.82, 2.24) is 4.72 Å². The number of benzene rings is 2. The van der Waals surface area contributed by atoms with Gasteiger partial charge in [0.25, 0.3) is 0 Å². The fourth-order valence-electron chi connectivity index (χ4n) is 3.38. The Morgan fingerprint density at radius 3 is 2.45 bits per heavy atom. The van der Waals surface area contributed by atoms with E-state index in [-0.39, 0.29) is 23.6 Å². The van der Waals surface area contributed by atoms with Gasteiger partial charge in [-0.15, -0.1) is 0 Å². The van der Waals surface area contributed by atoms with Crippen LogP contribution in [0.3, 0.4) is 0 Å². The van der Waals surface area contributed by atoms with E-state index in [1.54, 1.807) is 6.07 Å². The maximum atomic E-state index is 12.6. The summed E-state index contributed by atoms with van der Waals surface area (Å²) in [5, 5.41) is 9.46. The van der Waals surface area contributed by atoms with E-state index in [0.717, 1.165) is 24.8 Å². The van der Waals surface area contributed by atoms with E-state index in [9.17, 15) is 23.1 Å². The lowest BCUT2D eigenvalue weighted by molar-refractivity contribution is -0.141. The van der Waals surface area contributed by atoms with Crippen molar-refractivity contribution in [3.8, 4) is 5.75 Å². The molecule has 0 amide bonds. The number of aryl methyl sites for hydroxylation is 2. The predicted octanol–water partition coefficient (Wildman–Crippen LogP) is 2.44. The smallest absolute Gasteiger partial charge is 0.308 e. The lowest BCUT2D eigenvalue weighted by Gasteiger charge is -2.14. The summed E-state index contributed by atoms with van der Waals surface area (Å²) >= 11 is 0. The zero-order valence-corrected chi connectivity index (χ0v) is 16.9. The lowest BCUT2D eigenvalue weighted by Crippen LogP contribution is -2.34. The SMILES string of the molecule is COc1ccc(S(=O)(=O)NCC(CC(=O)c2ccc3c(c2)CCC3)C(=O)O)cc1. The highest BCUT2D eigenvalue weighted by molar-refractivity contribution is 7.89. The summed E-state index contributed by atoms with van der Waals surface area (Å²) < 4.78 is 32.1. The quantitative estimate of drug-likeness (QED) is 0.607. The molecule has 0 heterocycles. The third-order valence-corrected chi connectivity index (χ3v) is 6.53. The highest BCUT2D eigenvalue weighted by Crippen LogP contribution is 2.24. The highest BCUT2D eigenvalue weighted by atomic mass is 32.2. The van der Waals surface area contributed by atoms with Gasteiger partial charge in [-0.25, -0.2) is 13.1 Å². The van der Waals surface area contributed by atoms with Gasteiger partial charge in [0.05, 0.1) is 17.9 Å². The minimum Gasteiger partial charge on any atom is -0.497 e. The number of carboxylic acids is 1. The molecule has 1 atom stereocenters. The topological polar surface area (TPSA) is 110 Å². The third-order valence-electron chi connectivity index (χ3n) is 5.09. The molecule has 3 rings (SSSR count). The summed E-state index contributed by atoms with van der Waals surface area (Å²) in [7, 11) is -2.43. The molecule has 0 aliphatic heterocycles. The van der Waals surface area contributed by atoms with E-state index in [1.807, 2.05) is 12.1 Å². The molecule has 8 heteroatoms. The molecular weight excluding hydrogens is 394 g/mol. The fraction of sp³-hybridized carbons (Fsp3) is 0.333. The number of Topliss-reactive ketones (excluding diaryl/α,β-unsaturated/α-hetero) is 1. The van der Waals surface area contributed by atoms with Crippen LogP contribution in [0.1, 0.15) is 34.3 Å². The van der Waals surface area contributed by atoms with Crippen LogP contribution in [0.5, 0.6) is 5.75 Å². The molecule has 0 saturated heterocycles. The molecule has 0 bridgehead atoms. The van der Waals surface area contributed by atoms with Gasteiger partial charge in [-0.3, -0.25) is 9.59 Å². The molecule has 7 nitrogen and oxygen atoms in total. The van der Waals surface area contributed by atoms with Crippen LogP contribution in [-0.4, -0.2) is 38.9 Å². The largest absolute Gasteiger partial charge is 0.497 e. The number of rotatable bonds is 9. The average Bonchev–Trinajstić information content (AvgIpc) is 3.18. The van der Waals surface area contributed by atoms with Gasteiger partial charge in [0.1, 0.15) is 5.75 Å². The van der Waals surface area contributed by atoms with Gasteiger partial charge < -0.3 is 9.84 Å². The number of hydrogen-bond donors (Lipinski definition) is 2. The number of hydrogen-bond acceptors (Lipinski definition) is 5. The van der Waals surface area contributed by atoms with Gasteiger partial charge in [0, 0.05) is 18.5 Å². The maximum Gasteiger partial charge on any atom is 0.308 e. The first-order valence-electron chi connectivity index (χ1n) is 9.31. The summed E-state index contributed by atoms with van der Waals surface area (Å²) in [5.74, 6) is -2.19. The highest BCUT2D eigenvalue weighted by Gasteiger charge is 2.25. The van der Waals surface area contributed by atoms with Crippen LogP contribution < -0.4 is 9.46 Å². The van der Waals surface area contributed by atoms with Crippen LogP contribution in [-0.2, 0) is 27.7 Å². The average molecular weight is 417 g/mol. The Hall–Kier alpha value is -2.71. The van der Waals surface area contributed by atoms with Crippen LogP contribution >= 0.6 is 0 Å².